The zero-order chi connectivity index (χ0) is 15.7. The van der Waals surface area contributed by atoms with Gasteiger partial charge in [-0.3, -0.25) is 0 Å². The first kappa shape index (κ1) is 14.3. The van der Waals surface area contributed by atoms with Gasteiger partial charge in [-0.05, 0) is 18.1 Å². The quantitative estimate of drug-likeness (QED) is 0.791. The largest absolute Gasteiger partial charge is 0.480 e. The highest BCUT2D eigenvalue weighted by Gasteiger charge is 2.28. The Labute approximate surface area is 129 Å². The molecule has 0 amide bonds. The van der Waals surface area contributed by atoms with E-state index in [-0.39, 0.29) is 5.92 Å². The van der Waals surface area contributed by atoms with E-state index in [1.54, 1.807) is 0 Å². The molecule has 4 nitrogen and oxygen atoms in total. The summed E-state index contributed by atoms with van der Waals surface area (Å²) in [7, 11) is 0. The first-order valence-electron chi connectivity index (χ1n) is 7.35. The molecule has 1 N–H and O–H groups in total. The zero-order valence-corrected chi connectivity index (χ0v) is 12.6. The highest BCUT2D eigenvalue weighted by Crippen LogP contribution is 2.31. The molecule has 1 aromatic heterocycles. The van der Waals surface area contributed by atoms with Gasteiger partial charge in [-0.1, -0.05) is 56.3 Å². The Morgan fingerprint density at radius 2 is 1.68 bits per heavy atom. The van der Waals surface area contributed by atoms with Crippen molar-refractivity contribution in [1.29, 1.82) is 0 Å². The van der Waals surface area contributed by atoms with Crippen LogP contribution >= 0.6 is 0 Å². The standard InChI is InChI=1S/C18H18N2O2/c1-12(2)16(18(21)22)20-15-11-7-6-10-14(15)19-17(20)13-8-4-3-5-9-13/h3-12,16H,1-2H3,(H,21,22). The Morgan fingerprint density at radius 1 is 1.05 bits per heavy atom. The van der Waals surface area contributed by atoms with Crippen molar-refractivity contribution in [3.63, 3.8) is 0 Å². The maximum absolute atomic E-state index is 11.8. The Kier molecular flexibility index (Phi) is 3.67. The van der Waals surface area contributed by atoms with Crippen molar-refractivity contribution in [1.82, 2.24) is 9.55 Å². The summed E-state index contributed by atoms with van der Waals surface area (Å²) in [6.07, 6.45) is 0. The molecule has 0 bridgehead atoms. The first-order chi connectivity index (χ1) is 10.6. The Hall–Kier alpha value is -2.62. The minimum Gasteiger partial charge on any atom is -0.480 e. The van der Waals surface area contributed by atoms with E-state index in [0.29, 0.717) is 5.82 Å². The molecule has 4 heteroatoms. The van der Waals surface area contributed by atoms with Crippen LogP contribution in [0, 0.1) is 5.92 Å². The molecular formula is C18H18N2O2. The van der Waals surface area contributed by atoms with Crippen molar-refractivity contribution >= 4 is 17.0 Å². The van der Waals surface area contributed by atoms with Crippen LogP contribution in [0.4, 0.5) is 0 Å². The highest BCUT2D eigenvalue weighted by atomic mass is 16.4. The Morgan fingerprint density at radius 3 is 2.32 bits per heavy atom. The molecule has 1 unspecified atom stereocenters. The van der Waals surface area contributed by atoms with Gasteiger partial charge in [0.25, 0.3) is 0 Å². The maximum Gasteiger partial charge on any atom is 0.327 e. The Balaban J connectivity index is 2.33. The van der Waals surface area contributed by atoms with Crippen LogP contribution in [0.15, 0.2) is 54.6 Å². The molecule has 0 aliphatic carbocycles. The third-order valence-electron chi connectivity index (χ3n) is 3.79. The van der Waals surface area contributed by atoms with E-state index in [1.807, 2.05) is 73.0 Å². The van der Waals surface area contributed by atoms with Crippen LogP contribution in [-0.2, 0) is 4.79 Å². The molecule has 112 valence electrons. The van der Waals surface area contributed by atoms with Crippen LogP contribution in [0.3, 0.4) is 0 Å². The number of nitrogens with zero attached hydrogens (tertiary/aromatic N) is 2. The molecule has 2 aromatic carbocycles. The minimum absolute atomic E-state index is 0.0439. The first-order valence-corrected chi connectivity index (χ1v) is 7.35. The fourth-order valence-electron chi connectivity index (χ4n) is 2.81. The van der Waals surface area contributed by atoms with Gasteiger partial charge in [-0.15, -0.1) is 0 Å². The molecule has 0 aliphatic rings. The van der Waals surface area contributed by atoms with Gasteiger partial charge in [0.2, 0.25) is 0 Å². The lowest BCUT2D eigenvalue weighted by Gasteiger charge is -2.21. The van der Waals surface area contributed by atoms with Gasteiger partial charge in [0.05, 0.1) is 11.0 Å². The predicted molar refractivity (Wildman–Crippen MR) is 86.7 cm³/mol. The average molecular weight is 294 g/mol. The van der Waals surface area contributed by atoms with Gasteiger partial charge < -0.3 is 9.67 Å². The van der Waals surface area contributed by atoms with Gasteiger partial charge in [-0.25, -0.2) is 9.78 Å². The van der Waals surface area contributed by atoms with Crippen molar-refractivity contribution < 1.29 is 9.90 Å². The zero-order valence-electron chi connectivity index (χ0n) is 12.6. The number of benzene rings is 2. The second-order valence-corrected chi connectivity index (χ2v) is 5.69. The number of aliphatic carboxylic acids is 1. The summed E-state index contributed by atoms with van der Waals surface area (Å²) < 4.78 is 1.84. The van der Waals surface area contributed by atoms with Gasteiger partial charge in [0.1, 0.15) is 11.9 Å². The summed E-state index contributed by atoms with van der Waals surface area (Å²) in [5.74, 6) is -0.184. The molecule has 3 rings (SSSR count). The summed E-state index contributed by atoms with van der Waals surface area (Å²) in [6.45, 7) is 3.84. The molecule has 0 spiro atoms. The second kappa shape index (κ2) is 5.64. The van der Waals surface area contributed by atoms with Crippen molar-refractivity contribution in [3.8, 4) is 11.4 Å². The van der Waals surface area contributed by atoms with E-state index in [9.17, 15) is 9.90 Å². The molecule has 0 saturated carbocycles. The minimum atomic E-state index is -0.838. The molecule has 0 saturated heterocycles. The van der Waals surface area contributed by atoms with Gasteiger partial charge in [0, 0.05) is 5.56 Å². The lowest BCUT2D eigenvalue weighted by molar-refractivity contribution is -0.142. The summed E-state index contributed by atoms with van der Waals surface area (Å²) in [6, 6.07) is 16.7. The highest BCUT2D eigenvalue weighted by molar-refractivity contribution is 5.84. The van der Waals surface area contributed by atoms with E-state index in [2.05, 4.69) is 4.98 Å². The van der Waals surface area contributed by atoms with E-state index in [0.717, 1.165) is 16.6 Å². The maximum atomic E-state index is 11.8. The number of hydrogen-bond donors (Lipinski definition) is 1. The van der Waals surface area contributed by atoms with Crippen LogP contribution in [0.5, 0.6) is 0 Å². The van der Waals surface area contributed by atoms with E-state index in [1.165, 1.54) is 0 Å². The monoisotopic (exact) mass is 294 g/mol. The van der Waals surface area contributed by atoms with Crippen molar-refractivity contribution in [2.45, 2.75) is 19.9 Å². The predicted octanol–water partition coefficient (Wildman–Crippen LogP) is 3.99. The van der Waals surface area contributed by atoms with Gasteiger partial charge >= 0.3 is 5.97 Å². The normalized spacial score (nSPS) is 12.7. The lowest BCUT2D eigenvalue weighted by Crippen LogP contribution is -2.24. The van der Waals surface area contributed by atoms with Gasteiger partial charge in [0.15, 0.2) is 0 Å². The Bertz CT molecular complexity index is 806. The average Bonchev–Trinajstić information content (AvgIpc) is 2.87. The number of rotatable bonds is 4. The fraction of sp³-hybridized carbons (Fsp3) is 0.222. The van der Waals surface area contributed by atoms with E-state index >= 15 is 0 Å². The topological polar surface area (TPSA) is 55.1 Å². The fourth-order valence-corrected chi connectivity index (χ4v) is 2.81. The number of carboxylic acids is 1. The molecule has 22 heavy (non-hydrogen) atoms. The van der Waals surface area contributed by atoms with Gasteiger partial charge in [-0.2, -0.15) is 0 Å². The number of aromatic nitrogens is 2. The van der Waals surface area contributed by atoms with Crippen molar-refractivity contribution in [3.05, 3.63) is 54.6 Å². The number of carboxylic acid groups (broad SMARTS) is 1. The second-order valence-electron chi connectivity index (χ2n) is 5.69. The van der Waals surface area contributed by atoms with E-state index in [4.69, 9.17) is 0 Å². The van der Waals surface area contributed by atoms with Crippen LogP contribution in [0.2, 0.25) is 0 Å². The number of hydrogen-bond acceptors (Lipinski definition) is 2. The molecule has 1 atom stereocenters. The summed E-state index contributed by atoms with van der Waals surface area (Å²) in [5.41, 5.74) is 2.58. The van der Waals surface area contributed by atoms with Crippen LogP contribution in [0.1, 0.15) is 19.9 Å². The SMILES string of the molecule is CC(C)C(C(=O)O)n1c(-c2ccccc2)nc2ccccc21. The summed E-state index contributed by atoms with van der Waals surface area (Å²) in [5, 5.41) is 9.70. The third-order valence-corrected chi connectivity index (χ3v) is 3.79. The smallest absolute Gasteiger partial charge is 0.327 e. The lowest BCUT2D eigenvalue weighted by atomic mass is 10.0. The number of carbonyl (C=O) groups is 1. The van der Waals surface area contributed by atoms with Crippen molar-refractivity contribution in [2.24, 2.45) is 5.92 Å². The van der Waals surface area contributed by atoms with Crippen LogP contribution < -0.4 is 0 Å². The third kappa shape index (κ3) is 2.37. The molecule has 0 fully saturated rings. The number of imidazole rings is 1. The molecular weight excluding hydrogens is 276 g/mol. The van der Waals surface area contributed by atoms with Crippen molar-refractivity contribution in [2.75, 3.05) is 0 Å². The molecule has 1 heterocycles. The number of fused-ring (bicyclic) bond motifs is 1. The van der Waals surface area contributed by atoms with E-state index < -0.39 is 12.0 Å². The summed E-state index contributed by atoms with van der Waals surface area (Å²) >= 11 is 0. The molecule has 0 aliphatic heterocycles. The summed E-state index contributed by atoms with van der Waals surface area (Å²) in [4.78, 5) is 16.5. The van der Waals surface area contributed by atoms with Crippen LogP contribution in [-0.4, -0.2) is 20.6 Å². The molecule has 0 radical (unpaired) electrons. The number of para-hydroxylation sites is 2. The van der Waals surface area contributed by atoms with Crippen LogP contribution in [0.25, 0.3) is 22.4 Å². The molecule has 3 aromatic rings.